The number of aromatic nitrogens is 2. The first kappa shape index (κ1) is 18.1. The lowest BCUT2D eigenvalue weighted by Crippen LogP contribution is -2.45. The van der Waals surface area contributed by atoms with Crippen molar-refractivity contribution in [3.63, 3.8) is 0 Å². The van der Waals surface area contributed by atoms with Crippen LogP contribution in [0, 0.1) is 12.3 Å². The van der Waals surface area contributed by atoms with Crippen LogP contribution in [0.3, 0.4) is 0 Å². The Morgan fingerprint density at radius 1 is 1.00 bits per heavy atom. The fourth-order valence-corrected chi connectivity index (χ4v) is 4.40. The summed E-state index contributed by atoms with van der Waals surface area (Å²) in [4.78, 5) is 12.9. The van der Waals surface area contributed by atoms with Gasteiger partial charge in [0.2, 0.25) is 0 Å². The van der Waals surface area contributed by atoms with Crippen LogP contribution < -0.4 is 9.80 Å². The number of halogens is 3. The van der Waals surface area contributed by atoms with Crippen molar-refractivity contribution in [3.05, 3.63) is 47.9 Å². The van der Waals surface area contributed by atoms with Crippen LogP contribution in [0.15, 0.2) is 36.8 Å². The van der Waals surface area contributed by atoms with Gasteiger partial charge in [0.15, 0.2) is 0 Å². The number of nitrogens with zero attached hydrogens (tertiary/aromatic N) is 4. The lowest BCUT2D eigenvalue weighted by atomic mass is 9.79. The molecule has 2 aromatic rings. The Labute approximate surface area is 157 Å². The highest BCUT2D eigenvalue weighted by Crippen LogP contribution is 2.42. The van der Waals surface area contributed by atoms with E-state index in [0.717, 1.165) is 57.7 Å². The first-order valence-electron chi connectivity index (χ1n) is 9.30. The molecule has 7 heteroatoms. The SMILES string of the molecule is Cc1ccncc1N1CC[C@]2(CCCN(c3ccc(C(F)(F)F)cn3)C2)C1. The monoisotopic (exact) mass is 376 g/mol. The number of pyridine rings is 2. The molecule has 0 saturated carbocycles. The zero-order valence-electron chi connectivity index (χ0n) is 15.3. The van der Waals surface area contributed by atoms with Crippen molar-refractivity contribution in [2.75, 3.05) is 36.0 Å². The zero-order valence-corrected chi connectivity index (χ0v) is 15.3. The van der Waals surface area contributed by atoms with Gasteiger partial charge >= 0.3 is 6.18 Å². The molecule has 4 rings (SSSR count). The molecule has 1 spiro atoms. The Morgan fingerprint density at radius 2 is 1.81 bits per heavy atom. The summed E-state index contributed by atoms with van der Waals surface area (Å²) >= 11 is 0. The minimum Gasteiger partial charge on any atom is -0.369 e. The minimum absolute atomic E-state index is 0.158. The highest BCUT2D eigenvalue weighted by atomic mass is 19.4. The number of hydrogen-bond acceptors (Lipinski definition) is 4. The standard InChI is InChI=1S/C20H23F3N4/c1-15-5-8-24-12-17(15)26-10-7-19(13-26)6-2-9-27(14-19)18-4-3-16(11-25-18)20(21,22)23/h3-5,8,11-12H,2,6-7,9-10,13-14H2,1H3/t19-/m1/s1. The molecule has 0 N–H and O–H groups in total. The quantitative estimate of drug-likeness (QED) is 0.782. The van der Waals surface area contributed by atoms with E-state index in [1.165, 1.54) is 17.3 Å². The van der Waals surface area contributed by atoms with Crippen molar-refractivity contribution >= 4 is 11.5 Å². The molecule has 2 aliphatic rings. The van der Waals surface area contributed by atoms with E-state index in [-0.39, 0.29) is 5.41 Å². The molecule has 2 aromatic heterocycles. The van der Waals surface area contributed by atoms with Crippen molar-refractivity contribution < 1.29 is 13.2 Å². The number of aryl methyl sites for hydroxylation is 1. The van der Waals surface area contributed by atoms with E-state index in [9.17, 15) is 13.2 Å². The fraction of sp³-hybridized carbons (Fsp3) is 0.500. The Hall–Kier alpha value is -2.31. The van der Waals surface area contributed by atoms with Crippen molar-refractivity contribution in [1.82, 2.24) is 9.97 Å². The van der Waals surface area contributed by atoms with Crippen LogP contribution >= 0.6 is 0 Å². The normalized spacial score (nSPS) is 23.3. The highest BCUT2D eigenvalue weighted by molar-refractivity contribution is 5.52. The van der Waals surface area contributed by atoms with Crippen molar-refractivity contribution in [3.8, 4) is 0 Å². The van der Waals surface area contributed by atoms with Gasteiger partial charge in [0.1, 0.15) is 5.82 Å². The summed E-state index contributed by atoms with van der Waals surface area (Å²) in [6.07, 6.45) is 3.58. The molecular formula is C20H23F3N4. The van der Waals surface area contributed by atoms with Crippen LogP contribution in [-0.2, 0) is 6.18 Å². The summed E-state index contributed by atoms with van der Waals surface area (Å²) in [7, 11) is 0. The molecule has 0 aliphatic carbocycles. The largest absolute Gasteiger partial charge is 0.417 e. The van der Waals surface area contributed by atoms with Crippen LogP contribution in [0.5, 0.6) is 0 Å². The Balaban J connectivity index is 1.49. The van der Waals surface area contributed by atoms with E-state index < -0.39 is 11.7 Å². The molecule has 2 fully saturated rings. The lowest BCUT2D eigenvalue weighted by molar-refractivity contribution is -0.137. The van der Waals surface area contributed by atoms with Gasteiger partial charge in [0, 0.05) is 44.0 Å². The van der Waals surface area contributed by atoms with Crippen molar-refractivity contribution in [2.24, 2.45) is 5.41 Å². The van der Waals surface area contributed by atoms with Gasteiger partial charge < -0.3 is 9.80 Å². The molecule has 2 saturated heterocycles. The first-order chi connectivity index (χ1) is 12.9. The topological polar surface area (TPSA) is 32.3 Å². The van der Waals surface area contributed by atoms with Crippen molar-refractivity contribution in [2.45, 2.75) is 32.4 Å². The molecule has 4 nitrogen and oxygen atoms in total. The van der Waals surface area contributed by atoms with Gasteiger partial charge in [-0.25, -0.2) is 4.98 Å². The van der Waals surface area contributed by atoms with Gasteiger partial charge in [-0.3, -0.25) is 4.98 Å². The molecule has 0 aromatic carbocycles. The second kappa shape index (κ2) is 6.69. The zero-order chi connectivity index (χ0) is 19.1. The molecular weight excluding hydrogens is 353 g/mol. The van der Waals surface area contributed by atoms with E-state index in [1.807, 2.05) is 18.5 Å². The van der Waals surface area contributed by atoms with Gasteiger partial charge in [-0.15, -0.1) is 0 Å². The fourth-order valence-electron chi connectivity index (χ4n) is 4.40. The van der Waals surface area contributed by atoms with Gasteiger partial charge in [-0.05, 0) is 49.9 Å². The Kier molecular flexibility index (Phi) is 4.48. The molecule has 144 valence electrons. The smallest absolute Gasteiger partial charge is 0.369 e. The lowest BCUT2D eigenvalue weighted by Gasteiger charge is -2.41. The number of anilines is 2. The van der Waals surface area contributed by atoms with Crippen LogP contribution in [0.1, 0.15) is 30.4 Å². The molecule has 0 radical (unpaired) electrons. The van der Waals surface area contributed by atoms with E-state index in [2.05, 4.69) is 26.7 Å². The maximum atomic E-state index is 12.8. The Morgan fingerprint density at radius 3 is 2.52 bits per heavy atom. The van der Waals surface area contributed by atoms with E-state index in [1.54, 1.807) is 0 Å². The van der Waals surface area contributed by atoms with Crippen LogP contribution in [0.25, 0.3) is 0 Å². The molecule has 1 atom stereocenters. The molecule has 0 bridgehead atoms. The third kappa shape index (κ3) is 3.59. The van der Waals surface area contributed by atoms with E-state index >= 15 is 0 Å². The van der Waals surface area contributed by atoms with E-state index in [4.69, 9.17) is 0 Å². The summed E-state index contributed by atoms with van der Waals surface area (Å²) in [6, 6.07) is 4.66. The second-order valence-electron chi connectivity index (χ2n) is 7.76. The summed E-state index contributed by atoms with van der Waals surface area (Å²) in [5.74, 6) is 0.637. The number of alkyl halides is 3. The third-order valence-corrected chi connectivity index (χ3v) is 5.85. The third-order valence-electron chi connectivity index (χ3n) is 5.85. The summed E-state index contributed by atoms with van der Waals surface area (Å²) < 4.78 is 38.3. The van der Waals surface area contributed by atoms with Gasteiger partial charge in [-0.1, -0.05) is 0 Å². The average Bonchev–Trinajstić information content (AvgIpc) is 3.04. The van der Waals surface area contributed by atoms with Crippen LogP contribution in [0.2, 0.25) is 0 Å². The maximum Gasteiger partial charge on any atom is 0.417 e. The van der Waals surface area contributed by atoms with Crippen molar-refractivity contribution in [1.29, 1.82) is 0 Å². The number of piperidine rings is 1. The van der Waals surface area contributed by atoms with E-state index in [0.29, 0.717) is 5.82 Å². The number of hydrogen-bond donors (Lipinski definition) is 0. The Bertz CT molecular complexity index is 806. The molecule has 0 amide bonds. The van der Waals surface area contributed by atoms with Gasteiger partial charge in [0.25, 0.3) is 0 Å². The molecule has 2 aliphatic heterocycles. The minimum atomic E-state index is -4.35. The van der Waals surface area contributed by atoms with Gasteiger partial charge in [-0.2, -0.15) is 13.2 Å². The van der Waals surface area contributed by atoms with Gasteiger partial charge in [0.05, 0.1) is 17.4 Å². The van der Waals surface area contributed by atoms with Crippen LogP contribution in [-0.4, -0.2) is 36.1 Å². The summed E-state index contributed by atoms with van der Waals surface area (Å²) in [5, 5.41) is 0. The summed E-state index contributed by atoms with van der Waals surface area (Å²) in [6.45, 7) is 5.71. The second-order valence-corrected chi connectivity index (χ2v) is 7.76. The predicted molar refractivity (Wildman–Crippen MR) is 98.9 cm³/mol. The molecule has 0 unspecified atom stereocenters. The molecule has 4 heterocycles. The molecule has 27 heavy (non-hydrogen) atoms. The van der Waals surface area contributed by atoms with Crippen LogP contribution in [0.4, 0.5) is 24.7 Å². The first-order valence-corrected chi connectivity index (χ1v) is 9.30. The number of rotatable bonds is 2. The summed E-state index contributed by atoms with van der Waals surface area (Å²) in [5.41, 5.74) is 1.86. The highest BCUT2D eigenvalue weighted by Gasteiger charge is 2.42. The maximum absolute atomic E-state index is 12.8. The average molecular weight is 376 g/mol. The predicted octanol–water partition coefficient (Wildman–Crippen LogP) is 4.30.